The minimum atomic E-state index is -3.71. The van der Waals surface area contributed by atoms with E-state index in [2.05, 4.69) is 10.4 Å². The minimum absolute atomic E-state index is 0.00205. The smallest absolute Gasteiger partial charge is 0.238 e. The van der Waals surface area contributed by atoms with Crippen molar-refractivity contribution in [2.45, 2.75) is 11.3 Å². The topological polar surface area (TPSA) is 107 Å². The van der Waals surface area contributed by atoms with Crippen molar-refractivity contribution < 1.29 is 13.2 Å². The molecule has 0 radical (unpaired) electrons. The number of anilines is 1. The molecule has 3 N–H and O–H groups in total. The van der Waals surface area contributed by atoms with Gasteiger partial charge in [-0.25, -0.2) is 18.2 Å². The lowest BCUT2D eigenvalue weighted by Gasteiger charge is -2.03. The third-order valence-electron chi connectivity index (χ3n) is 4.08. The Labute approximate surface area is 144 Å². The van der Waals surface area contributed by atoms with Crippen LogP contribution in [-0.2, 0) is 21.2 Å². The molecular formula is C17H14N4O3S. The van der Waals surface area contributed by atoms with Crippen LogP contribution in [0, 0.1) is 0 Å². The first-order valence-corrected chi connectivity index (χ1v) is 9.06. The van der Waals surface area contributed by atoms with Crippen molar-refractivity contribution in [1.29, 1.82) is 0 Å². The van der Waals surface area contributed by atoms with Crippen LogP contribution in [0.2, 0.25) is 0 Å². The van der Waals surface area contributed by atoms with Crippen LogP contribution in [0.1, 0.15) is 5.56 Å². The maximum absolute atomic E-state index is 11.5. The average Bonchev–Trinajstić information content (AvgIpc) is 3.19. The van der Waals surface area contributed by atoms with Gasteiger partial charge in [0.2, 0.25) is 15.9 Å². The number of primary sulfonamides is 1. The second-order valence-electron chi connectivity index (χ2n) is 5.81. The van der Waals surface area contributed by atoms with Crippen molar-refractivity contribution in [3.63, 3.8) is 0 Å². The molecule has 0 unspecified atom stereocenters. The highest BCUT2D eigenvalue weighted by Crippen LogP contribution is 2.29. The summed E-state index contributed by atoms with van der Waals surface area (Å²) in [4.78, 5) is 11.5. The molecule has 0 saturated carbocycles. The van der Waals surface area contributed by atoms with Crippen molar-refractivity contribution in [1.82, 2.24) is 9.78 Å². The van der Waals surface area contributed by atoms with Crippen molar-refractivity contribution in [2.75, 3.05) is 5.32 Å². The molecule has 8 heteroatoms. The molecule has 0 fully saturated rings. The molecule has 1 aliphatic heterocycles. The van der Waals surface area contributed by atoms with Crippen LogP contribution in [-0.4, -0.2) is 24.1 Å². The zero-order valence-electron chi connectivity index (χ0n) is 13.0. The number of fused-ring (bicyclic) bond motifs is 1. The van der Waals surface area contributed by atoms with E-state index in [1.54, 1.807) is 23.0 Å². The van der Waals surface area contributed by atoms with Crippen molar-refractivity contribution in [2.24, 2.45) is 5.14 Å². The van der Waals surface area contributed by atoms with Gasteiger partial charge in [0, 0.05) is 17.4 Å². The molecule has 2 heterocycles. The van der Waals surface area contributed by atoms with E-state index in [-0.39, 0.29) is 10.8 Å². The Balaban J connectivity index is 1.65. The number of hydrogen-bond acceptors (Lipinski definition) is 4. The molecular weight excluding hydrogens is 340 g/mol. The van der Waals surface area contributed by atoms with E-state index >= 15 is 0 Å². The van der Waals surface area contributed by atoms with Gasteiger partial charge in [-0.2, -0.15) is 5.10 Å². The van der Waals surface area contributed by atoms with E-state index in [1.807, 2.05) is 24.4 Å². The SMILES string of the molecule is NS(=O)(=O)c1ccc(-n2cc(-c3ccc4c(c3)CC(=O)N4)cn2)cc1. The van der Waals surface area contributed by atoms with E-state index in [0.29, 0.717) is 6.42 Å². The number of aromatic nitrogens is 2. The first-order valence-electron chi connectivity index (χ1n) is 7.51. The summed E-state index contributed by atoms with van der Waals surface area (Å²) in [5.74, 6) is -0.00205. The van der Waals surface area contributed by atoms with Crippen LogP contribution in [0.25, 0.3) is 16.8 Å². The van der Waals surface area contributed by atoms with Crippen LogP contribution in [0.5, 0.6) is 0 Å². The summed E-state index contributed by atoms with van der Waals surface area (Å²) in [6, 6.07) is 11.9. The van der Waals surface area contributed by atoms with Crippen molar-refractivity contribution in [3.8, 4) is 16.8 Å². The summed E-state index contributed by atoms with van der Waals surface area (Å²) in [5.41, 5.74) is 4.39. The Hall–Kier alpha value is -2.97. The number of carbonyl (C=O) groups excluding carboxylic acids is 1. The average molecular weight is 354 g/mol. The van der Waals surface area contributed by atoms with Crippen LogP contribution in [0.3, 0.4) is 0 Å². The van der Waals surface area contributed by atoms with E-state index in [1.165, 1.54) is 12.1 Å². The third-order valence-corrected chi connectivity index (χ3v) is 5.01. The fourth-order valence-corrected chi connectivity index (χ4v) is 3.33. The number of rotatable bonds is 3. The molecule has 1 amide bonds. The molecule has 0 aliphatic carbocycles. The highest BCUT2D eigenvalue weighted by Gasteiger charge is 2.18. The maximum Gasteiger partial charge on any atom is 0.238 e. The molecule has 2 aromatic carbocycles. The molecule has 1 aromatic heterocycles. The number of nitrogens with two attached hydrogens (primary N) is 1. The zero-order chi connectivity index (χ0) is 17.6. The molecule has 0 bridgehead atoms. The highest BCUT2D eigenvalue weighted by molar-refractivity contribution is 7.89. The summed E-state index contributed by atoms with van der Waals surface area (Å²) in [6.07, 6.45) is 3.95. The summed E-state index contributed by atoms with van der Waals surface area (Å²) in [5, 5.41) is 12.2. The first kappa shape index (κ1) is 15.6. The molecule has 0 spiro atoms. The van der Waals surface area contributed by atoms with Gasteiger partial charge < -0.3 is 5.32 Å². The van der Waals surface area contributed by atoms with E-state index in [0.717, 1.165) is 28.1 Å². The summed E-state index contributed by atoms with van der Waals surface area (Å²) in [7, 11) is -3.71. The molecule has 0 atom stereocenters. The van der Waals surface area contributed by atoms with Gasteiger partial charge in [-0.1, -0.05) is 6.07 Å². The van der Waals surface area contributed by atoms with E-state index in [9.17, 15) is 13.2 Å². The van der Waals surface area contributed by atoms with Gasteiger partial charge in [0.25, 0.3) is 0 Å². The molecule has 7 nitrogen and oxygen atoms in total. The minimum Gasteiger partial charge on any atom is -0.326 e. The molecule has 126 valence electrons. The third kappa shape index (κ3) is 2.92. The van der Waals surface area contributed by atoms with Gasteiger partial charge in [0.05, 0.1) is 23.2 Å². The van der Waals surface area contributed by atoms with Crippen LogP contribution >= 0.6 is 0 Å². The summed E-state index contributed by atoms with van der Waals surface area (Å²) >= 11 is 0. The number of nitrogens with zero attached hydrogens (tertiary/aromatic N) is 2. The Bertz CT molecular complexity index is 1090. The Morgan fingerprint density at radius 2 is 1.84 bits per heavy atom. The second-order valence-corrected chi connectivity index (χ2v) is 7.37. The molecule has 1 aliphatic rings. The largest absolute Gasteiger partial charge is 0.326 e. The Morgan fingerprint density at radius 1 is 1.08 bits per heavy atom. The lowest BCUT2D eigenvalue weighted by molar-refractivity contribution is -0.115. The lowest BCUT2D eigenvalue weighted by Crippen LogP contribution is -2.12. The van der Waals surface area contributed by atoms with Gasteiger partial charge in [-0.15, -0.1) is 0 Å². The number of amides is 1. The van der Waals surface area contributed by atoms with Gasteiger partial charge in [0.15, 0.2) is 0 Å². The first-order chi connectivity index (χ1) is 11.9. The van der Waals surface area contributed by atoms with Gasteiger partial charge in [-0.3, -0.25) is 4.79 Å². The van der Waals surface area contributed by atoms with Gasteiger partial charge >= 0.3 is 0 Å². The fourth-order valence-electron chi connectivity index (χ4n) is 2.81. The number of benzene rings is 2. The Kier molecular flexibility index (Phi) is 3.45. The van der Waals surface area contributed by atoms with Crippen LogP contribution < -0.4 is 10.5 Å². The van der Waals surface area contributed by atoms with Gasteiger partial charge in [0.1, 0.15) is 0 Å². The molecule has 3 aromatic rings. The second kappa shape index (κ2) is 5.54. The maximum atomic E-state index is 11.5. The zero-order valence-corrected chi connectivity index (χ0v) is 13.8. The molecule has 4 rings (SSSR count). The quantitative estimate of drug-likeness (QED) is 0.746. The number of carbonyl (C=O) groups is 1. The van der Waals surface area contributed by atoms with Gasteiger partial charge in [-0.05, 0) is 47.5 Å². The molecule has 25 heavy (non-hydrogen) atoms. The van der Waals surface area contributed by atoms with Crippen molar-refractivity contribution in [3.05, 3.63) is 60.4 Å². The predicted octanol–water partition coefficient (Wildman–Crippen LogP) is 1.68. The highest BCUT2D eigenvalue weighted by atomic mass is 32.2. The summed E-state index contributed by atoms with van der Waals surface area (Å²) in [6.45, 7) is 0. The van der Waals surface area contributed by atoms with Crippen LogP contribution in [0.4, 0.5) is 5.69 Å². The number of nitrogens with one attached hydrogen (secondary N) is 1. The lowest BCUT2D eigenvalue weighted by atomic mass is 10.0. The monoisotopic (exact) mass is 354 g/mol. The normalized spacial score (nSPS) is 13.6. The van der Waals surface area contributed by atoms with E-state index in [4.69, 9.17) is 5.14 Å². The number of hydrogen-bond donors (Lipinski definition) is 2. The summed E-state index contributed by atoms with van der Waals surface area (Å²) < 4.78 is 24.3. The Morgan fingerprint density at radius 3 is 2.56 bits per heavy atom. The predicted molar refractivity (Wildman–Crippen MR) is 92.7 cm³/mol. The number of sulfonamides is 1. The van der Waals surface area contributed by atoms with Crippen LogP contribution in [0.15, 0.2) is 59.8 Å². The van der Waals surface area contributed by atoms with E-state index < -0.39 is 10.0 Å². The molecule has 0 saturated heterocycles. The standard InChI is InChI=1S/C17H14N4O3S/c18-25(23,24)15-4-2-14(3-5-15)21-10-13(9-19-21)11-1-6-16-12(7-11)8-17(22)20-16/h1-7,9-10H,8H2,(H,20,22)(H2,18,23,24). The fraction of sp³-hybridized carbons (Fsp3) is 0.0588. The van der Waals surface area contributed by atoms with Crippen molar-refractivity contribution >= 4 is 21.6 Å².